The Kier molecular flexibility index (Phi) is 11.2. The van der Waals surface area contributed by atoms with Gasteiger partial charge in [-0.25, -0.2) is 0 Å². The summed E-state index contributed by atoms with van der Waals surface area (Å²) in [5, 5.41) is 11.5. The number of aromatic amines is 1. The average molecular weight is 615 g/mol. The zero-order chi connectivity index (χ0) is 32.7. The van der Waals surface area contributed by atoms with Crippen LogP contribution in [-0.4, -0.2) is 57.7 Å². The zero-order valence-electron chi connectivity index (χ0n) is 27.9. The quantitative estimate of drug-likeness (QED) is 0.198. The highest BCUT2D eigenvalue weighted by atomic mass is 16.2. The van der Waals surface area contributed by atoms with Gasteiger partial charge in [-0.1, -0.05) is 26.0 Å². The maximum atomic E-state index is 13.6. The Bertz CT molecular complexity index is 1630. The number of aryl methyl sites for hydroxylation is 2. The summed E-state index contributed by atoms with van der Waals surface area (Å²) < 4.78 is 1.95. The molecule has 4 rings (SSSR count). The molecule has 3 N–H and O–H groups in total. The lowest BCUT2D eigenvalue weighted by Gasteiger charge is -2.30. The minimum atomic E-state index is -0.235. The predicted octanol–water partition coefficient (Wildman–Crippen LogP) is 5.83. The molecule has 9 heteroatoms. The van der Waals surface area contributed by atoms with Crippen molar-refractivity contribution in [2.75, 3.05) is 26.2 Å². The molecule has 0 spiro atoms. The van der Waals surface area contributed by atoms with E-state index in [1.807, 2.05) is 36.7 Å². The van der Waals surface area contributed by atoms with Crippen LogP contribution in [0.2, 0.25) is 0 Å². The molecule has 1 aliphatic rings. The number of amides is 2. The standard InChI is InChI=1S/C36H50N6O3/c1-8-13-36(9-2,10-3)21-33(43)37-14-17-41-15-11-27(12-16-41)28-19-29(31-23-39-42(24(4)5)32(31)20-28)34(44)38-22-30-25(6)18-26(7)40-35(30)45/h8,11,18-20,23-24H,1,9-10,12-17,21-22H2,2-7H3,(H,37,43)(H,38,44)(H,40,45). The Morgan fingerprint density at radius 2 is 1.91 bits per heavy atom. The maximum Gasteiger partial charge on any atom is 0.253 e. The van der Waals surface area contributed by atoms with Crippen molar-refractivity contribution in [3.63, 3.8) is 0 Å². The molecular weight excluding hydrogens is 564 g/mol. The lowest BCUT2D eigenvalue weighted by atomic mass is 9.76. The molecule has 9 nitrogen and oxygen atoms in total. The largest absolute Gasteiger partial charge is 0.355 e. The van der Waals surface area contributed by atoms with Crippen molar-refractivity contribution in [3.8, 4) is 0 Å². The molecule has 0 aliphatic carbocycles. The van der Waals surface area contributed by atoms with Crippen molar-refractivity contribution < 1.29 is 9.59 Å². The van der Waals surface area contributed by atoms with Crippen LogP contribution in [0, 0.1) is 19.3 Å². The number of nitrogens with zero attached hydrogens (tertiary/aromatic N) is 3. The number of aromatic nitrogens is 3. The van der Waals surface area contributed by atoms with Crippen LogP contribution in [0.15, 0.2) is 47.9 Å². The average Bonchev–Trinajstić information content (AvgIpc) is 3.44. The summed E-state index contributed by atoms with van der Waals surface area (Å²) in [5.41, 5.74) is 5.66. The molecule has 3 heterocycles. The number of allylic oxidation sites excluding steroid dienone is 1. The van der Waals surface area contributed by atoms with E-state index in [2.05, 4.69) is 72.0 Å². The van der Waals surface area contributed by atoms with Crippen LogP contribution in [0.5, 0.6) is 0 Å². The van der Waals surface area contributed by atoms with E-state index >= 15 is 0 Å². The van der Waals surface area contributed by atoms with Crippen LogP contribution in [-0.2, 0) is 11.3 Å². The molecule has 0 unspecified atom stereocenters. The van der Waals surface area contributed by atoms with Gasteiger partial charge >= 0.3 is 0 Å². The van der Waals surface area contributed by atoms with E-state index in [1.54, 1.807) is 6.20 Å². The van der Waals surface area contributed by atoms with E-state index in [-0.39, 0.29) is 35.4 Å². The number of H-pyrrole nitrogens is 1. The lowest BCUT2D eigenvalue weighted by molar-refractivity contribution is -0.123. The van der Waals surface area contributed by atoms with Gasteiger partial charge in [-0.2, -0.15) is 5.10 Å². The van der Waals surface area contributed by atoms with Crippen LogP contribution >= 0.6 is 0 Å². The number of pyridine rings is 1. The molecule has 0 saturated carbocycles. The van der Waals surface area contributed by atoms with E-state index in [9.17, 15) is 14.4 Å². The van der Waals surface area contributed by atoms with Gasteiger partial charge < -0.3 is 15.6 Å². The number of hydrogen-bond acceptors (Lipinski definition) is 5. The van der Waals surface area contributed by atoms with Gasteiger partial charge in [-0.05, 0) is 93.7 Å². The summed E-state index contributed by atoms with van der Waals surface area (Å²) in [5.74, 6) is -0.127. The van der Waals surface area contributed by atoms with Crippen molar-refractivity contribution in [1.29, 1.82) is 0 Å². The van der Waals surface area contributed by atoms with Crippen LogP contribution in [0.1, 0.15) is 98.6 Å². The molecule has 2 amide bonds. The van der Waals surface area contributed by atoms with Crippen molar-refractivity contribution in [2.24, 2.45) is 5.41 Å². The second-order valence-corrected chi connectivity index (χ2v) is 12.8. The van der Waals surface area contributed by atoms with E-state index in [1.165, 1.54) is 5.57 Å². The third-order valence-corrected chi connectivity index (χ3v) is 9.40. The predicted molar refractivity (Wildman–Crippen MR) is 182 cm³/mol. The van der Waals surface area contributed by atoms with Gasteiger partial charge in [0.05, 0.1) is 17.3 Å². The van der Waals surface area contributed by atoms with Crippen molar-refractivity contribution in [1.82, 2.24) is 30.3 Å². The second kappa shape index (κ2) is 14.9. The Morgan fingerprint density at radius 3 is 2.53 bits per heavy atom. The second-order valence-electron chi connectivity index (χ2n) is 12.8. The van der Waals surface area contributed by atoms with Gasteiger partial charge in [0.2, 0.25) is 5.91 Å². The minimum absolute atomic E-state index is 0.00635. The van der Waals surface area contributed by atoms with Crippen LogP contribution in [0.3, 0.4) is 0 Å². The van der Waals surface area contributed by atoms with Gasteiger partial charge in [-0.15, -0.1) is 6.58 Å². The zero-order valence-corrected chi connectivity index (χ0v) is 27.9. The van der Waals surface area contributed by atoms with E-state index < -0.39 is 0 Å². The summed E-state index contributed by atoms with van der Waals surface area (Å²) in [7, 11) is 0. The number of hydrogen-bond donors (Lipinski definition) is 3. The molecular formula is C36H50N6O3. The summed E-state index contributed by atoms with van der Waals surface area (Å²) in [4.78, 5) is 44.0. The molecule has 45 heavy (non-hydrogen) atoms. The summed E-state index contributed by atoms with van der Waals surface area (Å²) in [6.07, 6.45) is 10.0. The molecule has 0 bridgehead atoms. The van der Waals surface area contributed by atoms with Crippen molar-refractivity contribution in [2.45, 2.75) is 86.2 Å². The lowest BCUT2D eigenvalue weighted by Crippen LogP contribution is -2.38. The summed E-state index contributed by atoms with van der Waals surface area (Å²) in [6, 6.07) is 6.13. The first-order valence-electron chi connectivity index (χ1n) is 16.3. The number of fused-ring (bicyclic) bond motifs is 1. The number of carbonyl (C=O) groups excluding carboxylic acids is 2. The molecule has 242 valence electrons. The first-order valence-corrected chi connectivity index (χ1v) is 16.3. The summed E-state index contributed by atoms with van der Waals surface area (Å²) >= 11 is 0. The third kappa shape index (κ3) is 8.00. The maximum absolute atomic E-state index is 13.6. The van der Waals surface area contributed by atoms with Gasteiger partial charge in [0.15, 0.2) is 0 Å². The highest BCUT2D eigenvalue weighted by Gasteiger charge is 2.28. The Labute approximate surface area is 267 Å². The van der Waals surface area contributed by atoms with Crippen LogP contribution in [0.4, 0.5) is 0 Å². The molecule has 3 aromatic rings. The normalized spacial score (nSPS) is 14.1. The number of carbonyl (C=O) groups is 2. The molecule has 1 aliphatic heterocycles. The minimum Gasteiger partial charge on any atom is -0.355 e. The highest BCUT2D eigenvalue weighted by molar-refractivity contribution is 6.07. The third-order valence-electron chi connectivity index (χ3n) is 9.40. The van der Waals surface area contributed by atoms with Gasteiger partial charge in [-0.3, -0.25) is 24.0 Å². The fraction of sp³-hybridized carbons (Fsp3) is 0.500. The fourth-order valence-corrected chi connectivity index (χ4v) is 6.40. The number of benzene rings is 1. The molecule has 0 fully saturated rings. The summed E-state index contributed by atoms with van der Waals surface area (Å²) in [6.45, 7) is 19.2. The van der Waals surface area contributed by atoms with Crippen LogP contribution in [0.25, 0.3) is 16.5 Å². The van der Waals surface area contributed by atoms with Crippen molar-refractivity contribution >= 4 is 28.3 Å². The topological polar surface area (TPSA) is 112 Å². The Balaban J connectivity index is 1.46. The van der Waals surface area contributed by atoms with E-state index in [0.717, 1.165) is 73.0 Å². The molecule has 0 radical (unpaired) electrons. The number of rotatable bonds is 14. The van der Waals surface area contributed by atoms with Crippen molar-refractivity contribution in [3.05, 3.63) is 81.4 Å². The fourth-order valence-electron chi connectivity index (χ4n) is 6.40. The van der Waals surface area contributed by atoms with Gasteiger partial charge in [0.1, 0.15) is 0 Å². The first-order chi connectivity index (χ1) is 21.5. The Morgan fingerprint density at radius 1 is 1.16 bits per heavy atom. The van der Waals surface area contributed by atoms with E-state index in [0.29, 0.717) is 24.1 Å². The smallest absolute Gasteiger partial charge is 0.253 e. The van der Waals surface area contributed by atoms with Gasteiger partial charge in [0.25, 0.3) is 11.5 Å². The monoisotopic (exact) mass is 614 g/mol. The molecule has 0 atom stereocenters. The van der Waals surface area contributed by atoms with Gasteiger partial charge in [0, 0.05) is 61.8 Å². The molecule has 1 aromatic carbocycles. The molecule has 0 saturated heterocycles. The SMILES string of the molecule is C=CCC(CC)(CC)CC(=O)NCCN1CC=C(c2cc(C(=O)NCc3c(C)cc(C)[nH]c3=O)c3cnn(C(C)C)c3c2)CC1. The molecule has 2 aromatic heterocycles. The first kappa shape index (κ1) is 33.9. The Hall–Kier alpha value is -3.98. The van der Waals surface area contributed by atoms with Crippen LogP contribution < -0.4 is 16.2 Å². The van der Waals surface area contributed by atoms with E-state index in [4.69, 9.17) is 0 Å². The highest BCUT2D eigenvalue weighted by Crippen LogP contribution is 2.35. The number of nitrogens with one attached hydrogen (secondary N) is 3.